The van der Waals surface area contributed by atoms with E-state index >= 15 is 0 Å². The van der Waals surface area contributed by atoms with E-state index in [0.29, 0.717) is 25.6 Å². The highest BCUT2D eigenvalue weighted by Gasteiger charge is 2.33. The van der Waals surface area contributed by atoms with Gasteiger partial charge in [0, 0.05) is 6.07 Å². The van der Waals surface area contributed by atoms with Gasteiger partial charge < -0.3 is 28.8 Å². The Labute approximate surface area is 162 Å². The molecule has 2 aliphatic heterocycles. The summed E-state index contributed by atoms with van der Waals surface area (Å²) in [5, 5.41) is 16.2. The van der Waals surface area contributed by atoms with Crippen LogP contribution < -0.4 is 4.74 Å². The van der Waals surface area contributed by atoms with E-state index in [1.165, 1.54) is 6.07 Å². The highest BCUT2D eigenvalue weighted by atomic mass is 35.5. The normalized spacial score (nSPS) is 26.3. The van der Waals surface area contributed by atoms with Crippen LogP contribution in [0.15, 0.2) is 6.07 Å². The van der Waals surface area contributed by atoms with Crippen LogP contribution in [0.25, 0.3) is 0 Å². The van der Waals surface area contributed by atoms with Gasteiger partial charge in [0.15, 0.2) is 27.6 Å². The maximum atomic E-state index is 8.59. The van der Waals surface area contributed by atoms with Crippen LogP contribution in [0.5, 0.6) is 5.75 Å². The third kappa shape index (κ3) is 6.77. The van der Waals surface area contributed by atoms with Crippen molar-refractivity contribution in [3.05, 3.63) is 16.4 Å². The van der Waals surface area contributed by atoms with Crippen molar-refractivity contribution in [3.8, 4) is 5.75 Å². The first-order valence-electron chi connectivity index (χ1n) is 8.16. The van der Waals surface area contributed by atoms with Crippen molar-refractivity contribution >= 4 is 23.2 Å². The van der Waals surface area contributed by atoms with Crippen LogP contribution in [0.2, 0.25) is 10.3 Å². The summed E-state index contributed by atoms with van der Waals surface area (Å²) in [4.78, 5) is 0. The lowest BCUT2D eigenvalue weighted by atomic mass is 10.4. The molecule has 148 valence electrons. The average Bonchev–Trinajstić information content (AvgIpc) is 3.10. The Morgan fingerprint density at radius 3 is 2.12 bits per heavy atom. The van der Waals surface area contributed by atoms with E-state index in [-0.39, 0.29) is 29.1 Å². The average molecular weight is 411 g/mol. The number of rotatable bonds is 4. The fraction of sp³-hybridized carbons (Fsp3) is 0.750. The highest BCUT2D eigenvalue weighted by molar-refractivity contribution is 6.32. The summed E-state index contributed by atoms with van der Waals surface area (Å²) < 4.78 is 26.8. The summed E-state index contributed by atoms with van der Waals surface area (Å²) in [6, 6.07) is 1.51. The minimum absolute atomic E-state index is 0.0451. The van der Waals surface area contributed by atoms with E-state index in [2.05, 4.69) is 10.2 Å². The maximum absolute atomic E-state index is 8.59. The Morgan fingerprint density at radius 1 is 1.08 bits per heavy atom. The Kier molecular flexibility index (Phi) is 7.43. The van der Waals surface area contributed by atoms with Crippen LogP contribution in [-0.4, -0.2) is 65.5 Å². The first kappa shape index (κ1) is 21.6. The molecule has 10 heteroatoms. The van der Waals surface area contributed by atoms with E-state index in [9.17, 15) is 0 Å². The quantitative estimate of drug-likeness (QED) is 0.808. The van der Waals surface area contributed by atoms with Crippen LogP contribution in [0.4, 0.5) is 0 Å². The minimum Gasteiger partial charge on any atom is -0.487 e. The van der Waals surface area contributed by atoms with Crippen molar-refractivity contribution in [2.75, 3.05) is 26.4 Å². The summed E-state index contributed by atoms with van der Waals surface area (Å²) >= 11 is 11.5. The summed E-state index contributed by atoms with van der Waals surface area (Å²) in [5.41, 5.74) is 0. The molecule has 2 fully saturated rings. The molecule has 0 radical (unpaired) electrons. The standard InChI is InChI=1S/C10H12Cl2N2O3.C6H12O3/c1-10(2)16-5-6(17-10)4-15-7-3-8(11)13-14-9(7)12;1-6(2)8-4-5(3-7)9-6/h3,6H,4-5H2,1-2H3;5,7H,3-4H2,1-2H3/t6-;5-/m11/s1. The predicted octanol–water partition coefficient (Wildman–Crippen LogP) is 2.44. The van der Waals surface area contributed by atoms with Crippen LogP contribution in [0.3, 0.4) is 0 Å². The highest BCUT2D eigenvalue weighted by Crippen LogP contribution is 2.26. The monoisotopic (exact) mass is 410 g/mol. The van der Waals surface area contributed by atoms with Gasteiger partial charge in [-0.3, -0.25) is 0 Å². The lowest BCUT2D eigenvalue weighted by Crippen LogP contribution is -2.25. The van der Waals surface area contributed by atoms with E-state index < -0.39 is 11.6 Å². The van der Waals surface area contributed by atoms with E-state index in [1.54, 1.807) is 0 Å². The second-order valence-electron chi connectivity index (χ2n) is 6.72. The van der Waals surface area contributed by atoms with Gasteiger partial charge in [-0.2, -0.15) is 0 Å². The fourth-order valence-electron chi connectivity index (χ4n) is 2.32. The summed E-state index contributed by atoms with van der Waals surface area (Å²) in [6.45, 7) is 8.73. The summed E-state index contributed by atoms with van der Waals surface area (Å²) in [5.74, 6) is -0.667. The molecule has 2 aliphatic rings. The van der Waals surface area contributed by atoms with E-state index in [0.717, 1.165) is 0 Å². The topological polar surface area (TPSA) is 92.2 Å². The molecule has 0 unspecified atom stereocenters. The number of aliphatic hydroxyl groups excluding tert-OH is 1. The molecule has 0 amide bonds. The molecule has 3 rings (SSSR count). The largest absolute Gasteiger partial charge is 0.487 e. The SMILES string of the molecule is CC1(C)OC[C@@H](CO)O1.CC1(C)OC[C@@H](COc2cc(Cl)nnc2Cl)O1. The van der Waals surface area contributed by atoms with Crippen molar-refractivity contribution in [2.24, 2.45) is 0 Å². The lowest BCUT2D eigenvalue weighted by Gasteiger charge is -2.17. The fourth-order valence-corrected chi connectivity index (χ4v) is 2.60. The Bertz CT molecular complexity index is 602. The third-order valence-electron chi connectivity index (χ3n) is 3.45. The van der Waals surface area contributed by atoms with Crippen LogP contribution in [0.1, 0.15) is 27.7 Å². The minimum atomic E-state index is -0.564. The van der Waals surface area contributed by atoms with Crippen molar-refractivity contribution < 1.29 is 28.8 Å². The smallest absolute Gasteiger partial charge is 0.193 e. The number of hydrogen-bond acceptors (Lipinski definition) is 8. The second kappa shape index (κ2) is 8.97. The number of aromatic nitrogens is 2. The molecule has 26 heavy (non-hydrogen) atoms. The van der Waals surface area contributed by atoms with Gasteiger partial charge in [-0.25, -0.2) is 0 Å². The van der Waals surface area contributed by atoms with E-state index in [1.807, 2.05) is 27.7 Å². The molecule has 0 saturated carbocycles. The second-order valence-corrected chi connectivity index (χ2v) is 7.46. The molecule has 1 aromatic rings. The number of halogens is 2. The Hall–Kier alpha value is -0.740. The molecule has 2 atom stereocenters. The molecule has 0 bridgehead atoms. The van der Waals surface area contributed by atoms with Gasteiger partial charge >= 0.3 is 0 Å². The van der Waals surface area contributed by atoms with Crippen molar-refractivity contribution in [2.45, 2.75) is 51.5 Å². The van der Waals surface area contributed by atoms with E-state index in [4.69, 9.17) is 52.0 Å². The molecular formula is C16H24Cl2N2O6. The first-order chi connectivity index (χ1) is 12.1. The van der Waals surface area contributed by atoms with Gasteiger partial charge in [-0.15, -0.1) is 10.2 Å². The lowest BCUT2D eigenvalue weighted by molar-refractivity contribution is -0.142. The predicted molar refractivity (Wildman–Crippen MR) is 94.4 cm³/mol. The number of aliphatic hydroxyl groups is 1. The van der Waals surface area contributed by atoms with Crippen LogP contribution >= 0.6 is 23.2 Å². The third-order valence-corrected chi connectivity index (χ3v) is 3.90. The number of hydrogen-bond donors (Lipinski definition) is 1. The molecule has 1 aromatic heterocycles. The van der Waals surface area contributed by atoms with Gasteiger partial charge in [0.2, 0.25) is 0 Å². The molecule has 1 N–H and O–H groups in total. The zero-order valence-electron chi connectivity index (χ0n) is 15.2. The number of nitrogens with zero attached hydrogens (tertiary/aromatic N) is 2. The molecule has 2 saturated heterocycles. The first-order valence-corrected chi connectivity index (χ1v) is 8.92. The van der Waals surface area contributed by atoms with Crippen molar-refractivity contribution in [1.29, 1.82) is 0 Å². The zero-order chi connectivity index (χ0) is 19.4. The van der Waals surface area contributed by atoms with Crippen molar-refractivity contribution in [3.63, 3.8) is 0 Å². The van der Waals surface area contributed by atoms with Gasteiger partial charge in [-0.05, 0) is 27.7 Å². The molecular weight excluding hydrogens is 387 g/mol. The molecule has 0 spiro atoms. The Balaban J connectivity index is 0.000000228. The molecule has 8 nitrogen and oxygen atoms in total. The van der Waals surface area contributed by atoms with Gasteiger partial charge in [0.05, 0.1) is 19.8 Å². The summed E-state index contributed by atoms with van der Waals surface area (Å²) in [6.07, 6.45) is -0.256. The van der Waals surface area contributed by atoms with Gasteiger partial charge in [0.1, 0.15) is 18.8 Å². The molecule has 3 heterocycles. The van der Waals surface area contributed by atoms with Gasteiger partial charge in [-0.1, -0.05) is 23.2 Å². The van der Waals surface area contributed by atoms with Gasteiger partial charge in [0.25, 0.3) is 0 Å². The Morgan fingerprint density at radius 2 is 1.65 bits per heavy atom. The van der Waals surface area contributed by atoms with Crippen LogP contribution in [-0.2, 0) is 18.9 Å². The summed E-state index contributed by atoms with van der Waals surface area (Å²) in [7, 11) is 0. The van der Waals surface area contributed by atoms with Crippen molar-refractivity contribution in [1.82, 2.24) is 10.2 Å². The molecule has 0 aromatic carbocycles. The number of ether oxygens (including phenoxy) is 5. The van der Waals surface area contributed by atoms with Crippen LogP contribution in [0, 0.1) is 0 Å². The maximum Gasteiger partial charge on any atom is 0.193 e. The molecule has 0 aliphatic carbocycles. The zero-order valence-corrected chi connectivity index (χ0v) is 16.7.